The van der Waals surface area contributed by atoms with Gasteiger partial charge in [-0.3, -0.25) is 4.79 Å². The van der Waals surface area contributed by atoms with Crippen molar-refractivity contribution >= 4 is 5.91 Å². The number of H-pyrrole nitrogens is 1. The summed E-state index contributed by atoms with van der Waals surface area (Å²) in [6.45, 7) is 1.41. The van der Waals surface area contributed by atoms with Crippen molar-refractivity contribution in [2.24, 2.45) is 0 Å². The van der Waals surface area contributed by atoms with E-state index in [4.69, 9.17) is 4.74 Å². The van der Waals surface area contributed by atoms with Crippen molar-refractivity contribution in [3.05, 3.63) is 53.3 Å². The topological polar surface area (TPSA) is 74.4 Å². The molecule has 0 spiro atoms. The van der Waals surface area contributed by atoms with E-state index in [2.05, 4.69) is 10.3 Å². The first-order valence-corrected chi connectivity index (χ1v) is 7.17. The van der Waals surface area contributed by atoms with E-state index in [0.717, 1.165) is 12.1 Å². The van der Waals surface area contributed by atoms with Crippen molar-refractivity contribution in [2.45, 2.75) is 19.2 Å². The fraction of sp³-hybridized carbons (Fsp3) is 0.312. The van der Waals surface area contributed by atoms with E-state index >= 15 is 0 Å². The maximum absolute atomic E-state index is 12.6. The van der Waals surface area contributed by atoms with Crippen molar-refractivity contribution in [3.8, 4) is 5.75 Å². The average molecular weight is 342 g/mol. The number of aliphatic hydroxyl groups excluding tert-OH is 1. The van der Waals surface area contributed by atoms with E-state index < -0.39 is 17.8 Å². The normalized spacial score (nSPS) is 12.7. The smallest absolute Gasteiger partial charge is 0.416 e. The lowest BCUT2D eigenvalue weighted by atomic mass is 10.2. The molecule has 0 radical (unpaired) electrons. The van der Waals surface area contributed by atoms with Crippen LogP contribution in [0.3, 0.4) is 0 Å². The van der Waals surface area contributed by atoms with Gasteiger partial charge in [0.2, 0.25) is 0 Å². The monoisotopic (exact) mass is 342 g/mol. The molecule has 0 saturated heterocycles. The Morgan fingerprint density at radius 1 is 1.38 bits per heavy atom. The van der Waals surface area contributed by atoms with Gasteiger partial charge in [-0.1, -0.05) is 6.07 Å². The second kappa shape index (κ2) is 7.39. The van der Waals surface area contributed by atoms with Crippen LogP contribution in [0.2, 0.25) is 0 Å². The number of amides is 1. The number of aryl methyl sites for hydroxylation is 1. The molecule has 2 aromatic rings. The molecule has 8 heteroatoms. The highest BCUT2D eigenvalue weighted by molar-refractivity contribution is 5.95. The van der Waals surface area contributed by atoms with E-state index in [-0.39, 0.29) is 24.8 Å². The third-order valence-electron chi connectivity index (χ3n) is 3.30. The molecular weight excluding hydrogens is 325 g/mol. The Morgan fingerprint density at radius 3 is 2.75 bits per heavy atom. The van der Waals surface area contributed by atoms with Crippen LogP contribution in [-0.4, -0.2) is 35.3 Å². The molecule has 1 atom stereocenters. The maximum Gasteiger partial charge on any atom is 0.416 e. The molecule has 0 aliphatic rings. The van der Waals surface area contributed by atoms with Gasteiger partial charge in [-0.15, -0.1) is 0 Å². The summed E-state index contributed by atoms with van der Waals surface area (Å²) in [6, 6.07) is 5.98. The molecule has 0 saturated carbocycles. The van der Waals surface area contributed by atoms with E-state index in [1.807, 2.05) is 0 Å². The molecule has 0 aliphatic heterocycles. The predicted molar refractivity (Wildman–Crippen MR) is 80.8 cm³/mol. The quantitative estimate of drug-likeness (QED) is 0.755. The van der Waals surface area contributed by atoms with Gasteiger partial charge in [-0.05, 0) is 31.2 Å². The van der Waals surface area contributed by atoms with Gasteiger partial charge < -0.3 is 20.1 Å². The van der Waals surface area contributed by atoms with Crippen LogP contribution in [0, 0.1) is 6.92 Å². The summed E-state index contributed by atoms with van der Waals surface area (Å²) >= 11 is 0. The second-order valence-electron chi connectivity index (χ2n) is 5.22. The summed E-state index contributed by atoms with van der Waals surface area (Å²) in [4.78, 5) is 14.7. The SMILES string of the molecule is Cc1[nH]ccc1C(=O)NCC(O)COc1cccc(C(F)(F)F)c1. The van der Waals surface area contributed by atoms with Gasteiger partial charge in [0.05, 0.1) is 11.1 Å². The number of aromatic nitrogens is 1. The molecule has 1 amide bonds. The molecule has 24 heavy (non-hydrogen) atoms. The van der Waals surface area contributed by atoms with Crippen LogP contribution < -0.4 is 10.1 Å². The highest BCUT2D eigenvalue weighted by atomic mass is 19.4. The van der Waals surface area contributed by atoms with E-state index in [0.29, 0.717) is 11.3 Å². The maximum atomic E-state index is 12.6. The zero-order valence-corrected chi connectivity index (χ0v) is 12.9. The molecule has 3 N–H and O–H groups in total. The molecule has 130 valence electrons. The first-order valence-electron chi connectivity index (χ1n) is 7.17. The Labute approximate surface area is 136 Å². The van der Waals surface area contributed by atoms with Crippen LogP contribution in [0.1, 0.15) is 21.6 Å². The molecule has 0 aliphatic carbocycles. The van der Waals surface area contributed by atoms with Crippen molar-refractivity contribution < 1.29 is 27.8 Å². The minimum atomic E-state index is -4.46. The number of carbonyl (C=O) groups is 1. The molecule has 0 fully saturated rings. The second-order valence-corrected chi connectivity index (χ2v) is 5.22. The van der Waals surface area contributed by atoms with Crippen molar-refractivity contribution in [3.63, 3.8) is 0 Å². The summed E-state index contributed by atoms with van der Waals surface area (Å²) in [5.74, 6) is -0.358. The number of nitrogens with one attached hydrogen (secondary N) is 2. The van der Waals surface area contributed by atoms with Crippen LogP contribution in [-0.2, 0) is 6.18 Å². The molecule has 1 aromatic heterocycles. The van der Waals surface area contributed by atoms with Gasteiger partial charge >= 0.3 is 6.18 Å². The molecule has 2 rings (SSSR count). The van der Waals surface area contributed by atoms with E-state index in [9.17, 15) is 23.1 Å². The van der Waals surface area contributed by atoms with Gasteiger partial charge in [0.1, 0.15) is 18.5 Å². The van der Waals surface area contributed by atoms with Crippen molar-refractivity contribution in [2.75, 3.05) is 13.2 Å². The number of aliphatic hydroxyl groups is 1. The summed E-state index contributed by atoms with van der Waals surface area (Å²) in [7, 11) is 0. The highest BCUT2D eigenvalue weighted by Gasteiger charge is 2.30. The molecule has 1 aromatic carbocycles. The van der Waals surface area contributed by atoms with Gasteiger partial charge in [0.15, 0.2) is 0 Å². The number of carbonyl (C=O) groups excluding carboxylic acids is 1. The minimum Gasteiger partial charge on any atom is -0.491 e. The van der Waals surface area contributed by atoms with Crippen LogP contribution in [0.5, 0.6) is 5.75 Å². The fourth-order valence-electron chi connectivity index (χ4n) is 2.02. The Bertz CT molecular complexity index is 698. The predicted octanol–water partition coefficient (Wildman–Crippen LogP) is 2.51. The number of hydrogen-bond donors (Lipinski definition) is 3. The number of ether oxygens (including phenoxy) is 1. The number of benzene rings is 1. The molecule has 5 nitrogen and oxygen atoms in total. The fourth-order valence-corrected chi connectivity index (χ4v) is 2.02. The van der Waals surface area contributed by atoms with Gasteiger partial charge in [0, 0.05) is 18.4 Å². The summed E-state index contributed by atoms with van der Waals surface area (Å²) in [5, 5.41) is 12.3. The zero-order valence-electron chi connectivity index (χ0n) is 12.9. The molecular formula is C16H17F3N2O3. The molecule has 0 bridgehead atoms. The third kappa shape index (κ3) is 4.76. The Balaban J connectivity index is 1.82. The average Bonchev–Trinajstić information content (AvgIpc) is 2.96. The van der Waals surface area contributed by atoms with E-state index in [1.165, 1.54) is 12.1 Å². The first-order chi connectivity index (χ1) is 11.3. The Kier molecular flexibility index (Phi) is 5.50. The van der Waals surface area contributed by atoms with Gasteiger partial charge in [-0.25, -0.2) is 0 Å². The number of aromatic amines is 1. The zero-order chi connectivity index (χ0) is 17.7. The lowest BCUT2D eigenvalue weighted by molar-refractivity contribution is -0.137. The number of halogens is 3. The standard InChI is InChI=1S/C16H17F3N2O3/c1-10-14(5-6-20-10)15(23)21-8-12(22)9-24-13-4-2-3-11(7-13)16(17,18)19/h2-7,12,20,22H,8-9H2,1H3,(H,21,23). The molecule has 1 heterocycles. The number of alkyl halides is 3. The highest BCUT2D eigenvalue weighted by Crippen LogP contribution is 2.31. The Hall–Kier alpha value is -2.48. The largest absolute Gasteiger partial charge is 0.491 e. The minimum absolute atomic E-state index is 0.00307. The van der Waals surface area contributed by atoms with Crippen LogP contribution in [0.4, 0.5) is 13.2 Å². The van der Waals surface area contributed by atoms with Crippen LogP contribution in [0.15, 0.2) is 36.5 Å². The lowest BCUT2D eigenvalue weighted by Crippen LogP contribution is -2.35. The Morgan fingerprint density at radius 2 is 2.12 bits per heavy atom. The number of hydrogen-bond acceptors (Lipinski definition) is 3. The first kappa shape index (κ1) is 17.9. The van der Waals surface area contributed by atoms with Crippen molar-refractivity contribution in [1.82, 2.24) is 10.3 Å². The van der Waals surface area contributed by atoms with Crippen LogP contribution in [0.25, 0.3) is 0 Å². The van der Waals surface area contributed by atoms with E-state index in [1.54, 1.807) is 19.2 Å². The number of rotatable bonds is 6. The van der Waals surface area contributed by atoms with Gasteiger partial charge in [0.25, 0.3) is 5.91 Å². The van der Waals surface area contributed by atoms with Crippen molar-refractivity contribution in [1.29, 1.82) is 0 Å². The van der Waals surface area contributed by atoms with Gasteiger partial charge in [-0.2, -0.15) is 13.2 Å². The summed E-state index contributed by atoms with van der Waals surface area (Å²) in [6.07, 6.45) is -3.89. The summed E-state index contributed by atoms with van der Waals surface area (Å²) < 4.78 is 42.9. The van der Waals surface area contributed by atoms with Crippen LogP contribution >= 0.6 is 0 Å². The third-order valence-corrected chi connectivity index (χ3v) is 3.30. The lowest BCUT2D eigenvalue weighted by Gasteiger charge is -2.14. The summed E-state index contributed by atoms with van der Waals surface area (Å²) in [5.41, 5.74) is 0.328. The molecule has 1 unspecified atom stereocenters.